The van der Waals surface area contributed by atoms with Crippen molar-refractivity contribution in [2.45, 2.75) is 38.7 Å². The molecule has 0 radical (unpaired) electrons. The van der Waals surface area contributed by atoms with E-state index >= 15 is 0 Å². The molecule has 1 fully saturated rings. The summed E-state index contributed by atoms with van der Waals surface area (Å²) in [7, 11) is 0. The fourth-order valence-corrected chi connectivity index (χ4v) is 1.86. The molecule has 1 saturated carbocycles. The Balaban J connectivity index is 1.99. The summed E-state index contributed by atoms with van der Waals surface area (Å²) in [4.78, 5) is 0. The fraction of sp³-hybridized carbons (Fsp3) is 0.538. The number of benzene rings is 1. The largest absolute Gasteiger partial charge is 0.388 e. The van der Waals surface area contributed by atoms with Gasteiger partial charge in [-0.2, -0.15) is 0 Å². The number of rotatable bonds is 4. The summed E-state index contributed by atoms with van der Waals surface area (Å²) in [6, 6.07) is 5.02. The van der Waals surface area contributed by atoms with Crippen molar-refractivity contribution in [3.05, 3.63) is 35.1 Å². The summed E-state index contributed by atoms with van der Waals surface area (Å²) >= 11 is 0. The van der Waals surface area contributed by atoms with E-state index in [1.807, 2.05) is 13.0 Å². The first-order valence-corrected chi connectivity index (χ1v) is 5.61. The number of aryl methyl sites for hydroxylation is 1. The highest BCUT2D eigenvalue weighted by Gasteiger charge is 2.23. The van der Waals surface area contributed by atoms with Crippen molar-refractivity contribution in [1.29, 1.82) is 0 Å². The number of aliphatic hydroxyl groups is 1. The molecule has 1 aliphatic rings. The van der Waals surface area contributed by atoms with Gasteiger partial charge in [-0.25, -0.2) is 4.39 Å². The van der Waals surface area contributed by atoms with Gasteiger partial charge in [-0.05, 0) is 37.3 Å². The van der Waals surface area contributed by atoms with Crippen molar-refractivity contribution in [3.63, 3.8) is 0 Å². The summed E-state index contributed by atoms with van der Waals surface area (Å²) in [6.07, 6.45) is 3.64. The zero-order valence-corrected chi connectivity index (χ0v) is 9.04. The Bertz CT molecular complexity index is 344. The van der Waals surface area contributed by atoms with Gasteiger partial charge < -0.3 is 5.11 Å². The third kappa shape index (κ3) is 2.78. The molecule has 0 spiro atoms. The van der Waals surface area contributed by atoms with E-state index in [1.54, 1.807) is 6.07 Å². The number of halogens is 1. The summed E-state index contributed by atoms with van der Waals surface area (Å²) < 4.78 is 13.5. The Hall–Kier alpha value is -0.890. The van der Waals surface area contributed by atoms with Crippen molar-refractivity contribution < 1.29 is 9.50 Å². The quantitative estimate of drug-likeness (QED) is 0.804. The minimum atomic E-state index is -0.633. The van der Waals surface area contributed by atoms with Crippen LogP contribution in [0, 0.1) is 18.7 Å². The SMILES string of the molecule is Cc1ccc(C(O)CCC2CC2)c(F)c1. The molecule has 0 amide bonds. The van der Waals surface area contributed by atoms with E-state index in [9.17, 15) is 9.50 Å². The predicted octanol–water partition coefficient (Wildman–Crippen LogP) is 3.36. The highest BCUT2D eigenvalue weighted by molar-refractivity contribution is 5.25. The lowest BCUT2D eigenvalue weighted by Gasteiger charge is -2.11. The van der Waals surface area contributed by atoms with Gasteiger partial charge in [0.05, 0.1) is 6.10 Å². The van der Waals surface area contributed by atoms with Gasteiger partial charge >= 0.3 is 0 Å². The third-order valence-corrected chi connectivity index (χ3v) is 3.06. The van der Waals surface area contributed by atoms with Crippen LogP contribution in [-0.4, -0.2) is 5.11 Å². The molecule has 1 unspecified atom stereocenters. The second-order valence-electron chi connectivity index (χ2n) is 4.56. The fourth-order valence-electron chi connectivity index (χ4n) is 1.86. The summed E-state index contributed by atoms with van der Waals surface area (Å²) in [6.45, 7) is 1.85. The Morgan fingerprint density at radius 1 is 1.47 bits per heavy atom. The summed E-state index contributed by atoms with van der Waals surface area (Å²) in [5, 5.41) is 9.83. The van der Waals surface area contributed by atoms with Crippen LogP contribution in [0.2, 0.25) is 0 Å². The monoisotopic (exact) mass is 208 g/mol. The van der Waals surface area contributed by atoms with Gasteiger partial charge in [0.25, 0.3) is 0 Å². The van der Waals surface area contributed by atoms with Crippen LogP contribution < -0.4 is 0 Å². The van der Waals surface area contributed by atoms with Crippen LogP contribution >= 0.6 is 0 Å². The minimum Gasteiger partial charge on any atom is -0.388 e. The van der Waals surface area contributed by atoms with Gasteiger partial charge in [-0.3, -0.25) is 0 Å². The molecule has 0 aliphatic heterocycles. The van der Waals surface area contributed by atoms with Gasteiger partial charge in [-0.15, -0.1) is 0 Å². The normalized spacial score (nSPS) is 17.8. The first kappa shape index (κ1) is 10.6. The van der Waals surface area contributed by atoms with E-state index in [0.29, 0.717) is 12.0 Å². The zero-order valence-electron chi connectivity index (χ0n) is 9.04. The van der Waals surface area contributed by atoms with Crippen LogP contribution in [0.3, 0.4) is 0 Å². The second kappa shape index (κ2) is 4.31. The second-order valence-corrected chi connectivity index (χ2v) is 4.56. The molecule has 1 nitrogen and oxygen atoms in total. The molecule has 0 heterocycles. The molecule has 0 aromatic heterocycles. The van der Waals surface area contributed by atoms with Crippen molar-refractivity contribution >= 4 is 0 Å². The van der Waals surface area contributed by atoms with Crippen molar-refractivity contribution in [3.8, 4) is 0 Å². The van der Waals surface area contributed by atoms with Gasteiger partial charge in [0.1, 0.15) is 5.82 Å². The minimum absolute atomic E-state index is 0.279. The number of hydrogen-bond donors (Lipinski definition) is 1. The molecule has 82 valence electrons. The molecule has 1 aromatic carbocycles. The molecular formula is C13H17FO. The lowest BCUT2D eigenvalue weighted by molar-refractivity contribution is 0.158. The molecule has 1 atom stereocenters. The van der Waals surface area contributed by atoms with Gasteiger partial charge in [0.2, 0.25) is 0 Å². The van der Waals surface area contributed by atoms with Crippen LogP contribution in [0.5, 0.6) is 0 Å². The molecular weight excluding hydrogens is 191 g/mol. The first-order chi connectivity index (χ1) is 7.16. The van der Waals surface area contributed by atoms with E-state index in [-0.39, 0.29) is 5.82 Å². The van der Waals surface area contributed by atoms with Crippen LogP contribution in [0.1, 0.15) is 42.9 Å². The molecule has 1 aromatic rings. The van der Waals surface area contributed by atoms with Crippen LogP contribution in [0.15, 0.2) is 18.2 Å². The van der Waals surface area contributed by atoms with E-state index in [4.69, 9.17) is 0 Å². The van der Waals surface area contributed by atoms with Crippen molar-refractivity contribution in [1.82, 2.24) is 0 Å². The van der Waals surface area contributed by atoms with Crippen LogP contribution in [-0.2, 0) is 0 Å². The summed E-state index contributed by atoms with van der Waals surface area (Å²) in [5.41, 5.74) is 1.34. The summed E-state index contributed by atoms with van der Waals surface area (Å²) in [5.74, 6) is 0.506. The molecule has 2 heteroatoms. The van der Waals surface area contributed by atoms with E-state index in [0.717, 1.165) is 17.9 Å². The van der Waals surface area contributed by atoms with Crippen LogP contribution in [0.25, 0.3) is 0 Å². The third-order valence-electron chi connectivity index (χ3n) is 3.06. The maximum Gasteiger partial charge on any atom is 0.129 e. The Morgan fingerprint density at radius 2 is 2.20 bits per heavy atom. The lowest BCUT2D eigenvalue weighted by Crippen LogP contribution is -2.01. The first-order valence-electron chi connectivity index (χ1n) is 5.61. The number of hydrogen-bond acceptors (Lipinski definition) is 1. The Labute approximate surface area is 89.9 Å². The van der Waals surface area contributed by atoms with Crippen molar-refractivity contribution in [2.75, 3.05) is 0 Å². The average Bonchev–Trinajstić information content (AvgIpc) is 2.97. The highest BCUT2D eigenvalue weighted by Crippen LogP contribution is 2.36. The van der Waals surface area contributed by atoms with Crippen LogP contribution in [0.4, 0.5) is 4.39 Å². The smallest absolute Gasteiger partial charge is 0.129 e. The van der Waals surface area contributed by atoms with Gasteiger partial charge in [0.15, 0.2) is 0 Å². The average molecular weight is 208 g/mol. The van der Waals surface area contributed by atoms with E-state index in [1.165, 1.54) is 18.9 Å². The molecule has 15 heavy (non-hydrogen) atoms. The zero-order chi connectivity index (χ0) is 10.8. The molecule has 0 saturated heterocycles. The predicted molar refractivity (Wildman–Crippen MR) is 58.1 cm³/mol. The van der Waals surface area contributed by atoms with Gasteiger partial charge in [0, 0.05) is 5.56 Å². The lowest BCUT2D eigenvalue weighted by atomic mass is 10.0. The number of aliphatic hydroxyl groups excluding tert-OH is 1. The van der Waals surface area contributed by atoms with Gasteiger partial charge in [-0.1, -0.05) is 25.0 Å². The topological polar surface area (TPSA) is 20.2 Å². The Kier molecular flexibility index (Phi) is 3.06. The maximum atomic E-state index is 13.5. The van der Waals surface area contributed by atoms with E-state index in [2.05, 4.69) is 0 Å². The molecule has 2 rings (SSSR count). The highest BCUT2D eigenvalue weighted by atomic mass is 19.1. The van der Waals surface area contributed by atoms with Crippen molar-refractivity contribution in [2.24, 2.45) is 5.92 Å². The maximum absolute atomic E-state index is 13.5. The standard InChI is InChI=1S/C13H17FO/c1-9-2-6-11(12(14)8-9)13(15)7-5-10-3-4-10/h2,6,8,10,13,15H,3-5,7H2,1H3. The molecule has 1 aliphatic carbocycles. The molecule has 1 N–H and O–H groups in total. The Morgan fingerprint density at radius 3 is 2.80 bits per heavy atom. The molecule has 0 bridgehead atoms. The van der Waals surface area contributed by atoms with E-state index < -0.39 is 6.10 Å².